The van der Waals surface area contributed by atoms with Gasteiger partial charge in [-0.25, -0.2) is 0 Å². The number of hydrazone groups is 1. The van der Waals surface area contributed by atoms with Crippen molar-refractivity contribution in [2.24, 2.45) is 5.10 Å². The molecule has 24 heavy (non-hydrogen) atoms. The van der Waals surface area contributed by atoms with E-state index in [0.717, 1.165) is 26.2 Å². The van der Waals surface area contributed by atoms with Gasteiger partial charge in [-0.3, -0.25) is 5.01 Å². The van der Waals surface area contributed by atoms with E-state index in [0.29, 0.717) is 5.92 Å². The molecule has 0 N–H and O–H groups in total. The second-order valence-electron chi connectivity index (χ2n) is 6.84. The van der Waals surface area contributed by atoms with Crippen LogP contribution in [0.5, 0.6) is 0 Å². The smallest absolute Gasteiger partial charge is 0.0542 e. The maximum atomic E-state index is 4.65. The van der Waals surface area contributed by atoms with Gasteiger partial charge >= 0.3 is 0 Å². The first-order chi connectivity index (χ1) is 11.6. The molecule has 0 bridgehead atoms. The fourth-order valence-corrected chi connectivity index (χ4v) is 2.94. The van der Waals surface area contributed by atoms with E-state index in [-0.39, 0.29) is 0 Å². The van der Waals surface area contributed by atoms with Crippen molar-refractivity contribution in [3.05, 3.63) is 65.2 Å². The van der Waals surface area contributed by atoms with Crippen LogP contribution in [0.1, 0.15) is 36.5 Å². The number of aryl methyl sites for hydroxylation is 1. The average molecular weight is 321 g/mol. The highest BCUT2D eigenvalue weighted by atomic mass is 15.5. The molecule has 126 valence electrons. The SMILES string of the molecule is Cc1ccc(N2CCN(N=Cc3ccc(C(C)C)cc3)CC2)cc1. The van der Waals surface area contributed by atoms with Crippen molar-refractivity contribution >= 4 is 11.9 Å². The molecule has 3 rings (SSSR count). The number of hydrogen-bond donors (Lipinski definition) is 0. The monoisotopic (exact) mass is 321 g/mol. The Morgan fingerprint density at radius 1 is 0.875 bits per heavy atom. The first-order valence-corrected chi connectivity index (χ1v) is 8.82. The maximum absolute atomic E-state index is 4.65. The minimum absolute atomic E-state index is 0.575. The zero-order valence-corrected chi connectivity index (χ0v) is 14.9. The fraction of sp³-hybridized carbons (Fsp3) is 0.381. The highest BCUT2D eigenvalue weighted by molar-refractivity contribution is 5.79. The number of nitrogens with zero attached hydrogens (tertiary/aromatic N) is 3. The molecule has 1 fully saturated rings. The topological polar surface area (TPSA) is 18.8 Å². The van der Waals surface area contributed by atoms with Crippen LogP contribution in [-0.2, 0) is 0 Å². The highest BCUT2D eigenvalue weighted by Crippen LogP contribution is 2.17. The zero-order chi connectivity index (χ0) is 16.9. The largest absolute Gasteiger partial charge is 0.368 e. The molecule has 1 aliphatic rings. The van der Waals surface area contributed by atoms with Crippen molar-refractivity contribution in [3.8, 4) is 0 Å². The summed E-state index contributed by atoms with van der Waals surface area (Å²) in [5, 5.41) is 6.82. The van der Waals surface area contributed by atoms with E-state index in [1.54, 1.807) is 0 Å². The predicted octanol–water partition coefficient (Wildman–Crippen LogP) is 4.27. The Kier molecular flexibility index (Phi) is 5.19. The number of benzene rings is 2. The standard InChI is InChI=1S/C21H27N3/c1-17(2)20-8-6-19(7-9-20)16-22-24-14-12-23(13-15-24)21-10-4-18(3)5-11-21/h4-11,16-17H,12-15H2,1-3H3. The minimum Gasteiger partial charge on any atom is -0.368 e. The van der Waals surface area contributed by atoms with E-state index < -0.39 is 0 Å². The van der Waals surface area contributed by atoms with Gasteiger partial charge < -0.3 is 4.90 Å². The molecule has 1 aliphatic heterocycles. The predicted molar refractivity (Wildman–Crippen MR) is 103 cm³/mol. The van der Waals surface area contributed by atoms with Crippen molar-refractivity contribution in [1.82, 2.24) is 5.01 Å². The molecule has 0 radical (unpaired) electrons. The molecule has 2 aromatic rings. The molecule has 0 aromatic heterocycles. The summed E-state index contributed by atoms with van der Waals surface area (Å²) < 4.78 is 0. The van der Waals surface area contributed by atoms with E-state index in [1.807, 2.05) is 6.21 Å². The van der Waals surface area contributed by atoms with Gasteiger partial charge in [-0.05, 0) is 36.1 Å². The van der Waals surface area contributed by atoms with E-state index in [2.05, 4.69) is 84.3 Å². The third-order valence-electron chi connectivity index (χ3n) is 4.63. The van der Waals surface area contributed by atoms with Crippen LogP contribution in [0, 0.1) is 6.92 Å². The number of anilines is 1. The second-order valence-corrected chi connectivity index (χ2v) is 6.84. The van der Waals surface area contributed by atoms with Crippen molar-refractivity contribution in [2.75, 3.05) is 31.1 Å². The summed E-state index contributed by atoms with van der Waals surface area (Å²) in [4.78, 5) is 2.43. The Labute approximate surface area is 145 Å². The molecular weight excluding hydrogens is 294 g/mol. The van der Waals surface area contributed by atoms with Crippen LogP contribution < -0.4 is 4.90 Å². The van der Waals surface area contributed by atoms with E-state index >= 15 is 0 Å². The minimum atomic E-state index is 0.575. The van der Waals surface area contributed by atoms with Gasteiger partial charge in [0.15, 0.2) is 0 Å². The summed E-state index contributed by atoms with van der Waals surface area (Å²) in [7, 11) is 0. The van der Waals surface area contributed by atoms with Crippen LogP contribution >= 0.6 is 0 Å². The van der Waals surface area contributed by atoms with Crippen molar-refractivity contribution < 1.29 is 0 Å². The Balaban J connectivity index is 1.54. The van der Waals surface area contributed by atoms with E-state index in [4.69, 9.17) is 0 Å². The number of rotatable bonds is 4. The molecule has 0 amide bonds. The van der Waals surface area contributed by atoms with Crippen LogP contribution in [-0.4, -0.2) is 37.4 Å². The Bertz CT molecular complexity index is 663. The van der Waals surface area contributed by atoms with Crippen LogP contribution in [0.3, 0.4) is 0 Å². The third-order valence-corrected chi connectivity index (χ3v) is 4.63. The molecule has 1 saturated heterocycles. The molecule has 0 saturated carbocycles. The first-order valence-electron chi connectivity index (χ1n) is 8.82. The van der Waals surface area contributed by atoms with Gasteiger partial charge in [-0.1, -0.05) is 55.8 Å². The first kappa shape index (κ1) is 16.6. The fourth-order valence-electron chi connectivity index (χ4n) is 2.94. The average Bonchev–Trinajstić information content (AvgIpc) is 2.61. The summed E-state index contributed by atoms with van der Waals surface area (Å²) in [6, 6.07) is 17.5. The van der Waals surface area contributed by atoms with Crippen LogP contribution in [0.4, 0.5) is 5.69 Å². The quantitative estimate of drug-likeness (QED) is 0.783. The molecular formula is C21H27N3. The summed E-state index contributed by atoms with van der Waals surface area (Å²) in [6.07, 6.45) is 1.98. The van der Waals surface area contributed by atoms with Crippen LogP contribution in [0.15, 0.2) is 53.6 Å². The molecule has 2 aromatic carbocycles. The lowest BCUT2D eigenvalue weighted by Crippen LogP contribution is -2.44. The van der Waals surface area contributed by atoms with E-state index in [9.17, 15) is 0 Å². The number of piperazine rings is 1. The summed E-state index contributed by atoms with van der Waals surface area (Å²) in [5.74, 6) is 0.575. The number of hydrogen-bond acceptors (Lipinski definition) is 3. The molecule has 1 heterocycles. The Morgan fingerprint density at radius 2 is 1.50 bits per heavy atom. The summed E-state index contributed by atoms with van der Waals surface area (Å²) in [5.41, 5.74) is 5.17. The molecule has 0 spiro atoms. The lowest BCUT2D eigenvalue weighted by atomic mass is 10.0. The van der Waals surface area contributed by atoms with Crippen LogP contribution in [0.25, 0.3) is 0 Å². The summed E-state index contributed by atoms with van der Waals surface area (Å²) >= 11 is 0. The highest BCUT2D eigenvalue weighted by Gasteiger charge is 2.15. The van der Waals surface area contributed by atoms with Gasteiger partial charge in [0.1, 0.15) is 0 Å². The third kappa shape index (κ3) is 4.16. The lowest BCUT2D eigenvalue weighted by Gasteiger charge is -2.34. The lowest BCUT2D eigenvalue weighted by molar-refractivity contribution is 0.272. The van der Waals surface area contributed by atoms with Crippen molar-refractivity contribution in [2.45, 2.75) is 26.7 Å². The Morgan fingerprint density at radius 3 is 2.08 bits per heavy atom. The zero-order valence-electron chi connectivity index (χ0n) is 14.9. The second kappa shape index (κ2) is 7.52. The van der Waals surface area contributed by atoms with Gasteiger partial charge in [-0.15, -0.1) is 0 Å². The van der Waals surface area contributed by atoms with Gasteiger partial charge in [0.2, 0.25) is 0 Å². The summed E-state index contributed by atoms with van der Waals surface area (Å²) in [6.45, 7) is 10.5. The normalized spacial score (nSPS) is 15.5. The van der Waals surface area contributed by atoms with Crippen molar-refractivity contribution in [3.63, 3.8) is 0 Å². The van der Waals surface area contributed by atoms with Gasteiger partial charge in [0.25, 0.3) is 0 Å². The van der Waals surface area contributed by atoms with Crippen LogP contribution in [0.2, 0.25) is 0 Å². The molecule has 0 aliphatic carbocycles. The van der Waals surface area contributed by atoms with Gasteiger partial charge in [0, 0.05) is 18.8 Å². The maximum Gasteiger partial charge on any atom is 0.0542 e. The molecule has 3 nitrogen and oxygen atoms in total. The Hall–Kier alpha value is -2.29. The van der Waals surface area contributed by atoms with Gasteiger partial charge in [-0.2, -0.15) is 5.10 Å². The van der Waals surface area contributed by atoms with Gasteiger partial charge in [0.05, 0.1) is 19.3 Å². The van der Waals surface area contributed by atoms with E-state index in [1.165, 1.54) is 22.4 Å². The van der Waals surface area contributed by atoms with Crippen molar-refractivity contribution in [1.29, 1.82) is 0 Å². The molecule has 3 heteroatoms. The molecule has 0 atom stereocenters. The molecule has 0 unspecified atom stereocenters.